The van der Waals surface area contributed by atoms with Crippen LogP contribution in [-0.4, -0.2) is 133 Å². The predicted molar refractivity (Wildman–Crippen MR) is 194 cm³/mol. The molecule has 3 aromatic rings. The van der Waals surface area contributed by atoms with Gasteiger partial charge in [0, 0.05) is 80.4 Å². The number of amides is 3. The number of likely N-dealkylation sites (N-methyl/N-ethyl adjacent to an activating group) is 1. The molecule has 3 saturated heterocycles. The van der Waals surface area contributed by atoms with Gasteiger partial charge in [-0.3, -0.25) is 9.69 Å². The summed E-state index contributed by atoms with van der Waals surface area (Å²) in [6.07, 6.45) is 2.02. The Hall–Kier alpha value is -4.33. The van der Waals surface area contributed by atoms with E-state index in [2.05, 4.69) is 51.0 Å². The zero-order valence-electron chi connectivity index (χ0n) is 29.4. The summed E-state index contributed by atoms with van der Waals surface area (Å²) in [5.74, 6) is 1.96. The average molecular weight is 671 g/mol. The number of morpholine rings is 1. The lowest BCUT2D eigenvalue weighted by atomic mass is 10.2. The summed E-state index contributed by atoms with van der Waals surface area (Å²) in [7, 11) is 4.09. The summed E-state index contributed by atoms with van der Waals surface area (Å²) in [6.45, 7) is 13.8. The van der Waals surface area contributed by atoms with Crippen LogP contribution in [0.2, 0.25) is 0 Å². The fourth-order valence-corrected chi connectivity index (χ4v) is 6.65. The van der Waals surface area contributed by atoms with Crippen molar-refractivity contribution >= 4 is 35.2 Å². The lowest BCUT2D eigenvalue weighted by molar-refractivity contribution is 0.0783. The van der Waals surface area contributed by atoms with Crippen LogP contribution >= 0.6 is 0 Å². The van der Waals surface area contributed by atoms with Crippen molar-refractivity contribution in [1.29, 1.82) is 0 Å². The van der Waals surface area contributed by atoms with Gasteiger partial charge in [-0.2, -0.15) is 15.0 Å². The van der Waals surface area contributed by atoms with E-state index in [9.17, 15) is 9.59 Å². The van der Waals surface area contributed by atoms with Gasteiger partial charge >= 0.3 is 6.03 Å². The van der Waals surface area contributed by atoms with Gasteiger partial charge in [-0.25, -0.2) is 4.79 Å². The number of carbonyl (C=O) groups excluding carboxylic acids is 2. The number of hydrogen-bond acceptors (Lipinski definition) is 10. The van der Waals surface area contributed by atoms with Crippen LogP contribution in [0.3, 0.4) is 0 Å². The molecule has 3 fully saturated rings. The number of aromatic nitrogens is 3. The molecule has 3 amide bonds. The second-order valence-electron chi connectivity index (χ2n) is 13.7. The van der Waals surface area contributed by atoms with Gasteiger partial charge in [-0.15, -0.1) is 0 Å². The lowest BCUT2D eigenvalue weighted by Crippen LogP contribution is -2.45. The van der Waals surface area contributed by atoms with Crippen LogP contribution in [0.5, 0.6) is 0 Å². The van der Waals surface area contributed by atoms with Crippen molar-refractivity contribution in [3.63, 3.8) is 0 Å². The molecule has 2 N–H and O–H groups in total. The quantitative estimate of drug-likeness (QED) is 0.362. The number of nitrogens with zero attached hydrogens (tertiary/aromatic N) is 8. The Bertz CT molecular complexity index is 1580. The minimum absolute atomic E-state index is 0.0153. The maximum Gasteiger partial charge on any atom is 0.323 e. The molecular formula is C36H50N10O3. The summed E-state index contributed by atoms with van der Waals surface area (Å²) < 4.78 is 5.69. The zero-order chi connectivity index (χ0) is 34.5. The Morgan fingerprint density at radius 2 is 1.55 bits per heavy atom. The molecule has 0 bridgehead atoms. The van der Waals surface area contributed by atoms with E-state index in [1.165, 1.54) is 0 Å². The molecule has 0 aliphatic carbocycles. The van der Waals surface area contributed by atoms with Gasteiger partial charge in [0.15, 0.2) is 5.82 Å². The van der Waals surface area contributed by atoms with E-state index in [-0.39, 0.29) is 18.0 Å². The number of anilines is 4. The Balaban J connectivity index is 1.12. The second-order valence-corrected chi connectivity index (χ2v) is 13.7. The first-order chi connectivity index (χ1) is 23.6. The molecule has 0 unspecified atom stereocenters. The van der Waals surface area contributed by atoms with Crippen LogP contribution in [0.25, 0.3) is 11.4 Å². The molecule has 6 rings (SSSR count). The van der Waals surface area contributed by atoms with E-state index in [1.54, 1.807) is 24.3 Å². The SMILES string of the molecule is CC(C)N1CCCN(c2nc(-c3ccc(NC(=O)Nc4ccc(C(=O)N5CC[C@H](N(C)C)C5)cc4)cc3)nc(N3CCOC[C@@H]3C)n2)CC1. The van der Waals surface area contributed by atoms with Crippen molar-refractivity contribution in [3.05, 3.63) is 54.1 Å². The van der Waals surface area contributed by atoms with E-state index in [1.807, 2.05) is 43.3 Å². The number of rotatable bonds is 8. The minimum Gasteiger partial charge on any atom is -0.377 e. The predicted octanol–water partition coefficient (Wildman–Crippen LogP) is 4.10. The monoisotopic (exact) mass is 670 g/mol. The van der Waals surface area contributed by atoms with Crippen LogP contribution in [0.1, 0.15) is 44.0 Å². The summed E-state index contributed by atoms with van der Waals surface area (Å²) >= 11 is 0. The van der Waals surface area contributed by atoms with Crippen molar-refractivity contribution in [2.45, 2.75) is 51.7 Å². The molecule has 1 aromatic heterocycles. The molecule has 0 radical (unpaired) electrons. The van der Waals surface area contributed by atoms with Crippen molar-refractivity contribution in [1.82, 2.24) is 29.7 Å². The largest absolute Gasteiger partial charge is 0.377 e. The van der Waals surface area contributed by atoms with Gasteiger partial charge in [-0.1, -0.05) is 0 Å². The molecule has 262 valence electrons. The normalized spacial score (nSPS) is 20.5. The van der Waals surface area contributed by atoms with Crippen LogP contribution in [0.15, 0.2) is 48.5 Å². The smallest absolute Gasteiger partial charge is 0.323 e. The molecule has 3 aliphatic heterocycles. The number of carbonyl (C=O) groups is 2. The lowest BCUT2D eigenvalue weighted by Gasteiger charge is -2.34. The van der Waals surface area contributed by atoms with E-state index >= 15 is 0 Å². The van der Waals surface area contributed by atoms with Crippen LogP contribution in [0.4, 0.5) is 28.1 Å². The highest BCUT2D eigenvalue weighted by molar-refractivity contribution is 6.00. The zero-order valence-corrected chi connectivity index (χ0v) is 29.4. The van der Waals surface area contributed by atoms with Crippen LogP contribution in [-0.2, 0) is 4.74 Å². The van der Waals surface area contributed by atoms with Crippen molar-refractivity contribution < 1.29 is 14.3 Å². The molecule has 3 aliphatic rings. The van der Waals surface area contributed by atoms with Gasteiger partial charge < -0.3 is 35.0 Å². The third kappa shape index (κ3) is 8.46. The highest BCUT2D eigenvalue weighted by Gasteiger charge is 2.28. The van der Waals surface area contributed by atoms with Crippen LogP contribution < -0.4 is 20.4 Å². The van der Waals surface area contributed by atoms with E-state index in [0.717, 1.165) is 64.2 Å². The van der Waals surface area contributed by atoms with E-state index in [0.29, 0.717) is 60.0 Å². The first-order valence-corrected chi connectivity index (χ1v) is 17.5. The first kappa shape index (κ1) is 34.5. The summed E-state index contributed by atoms with van der Waals surface area (Å²) in [6, 6.07) is 15.2. The first-order valence-electron chi connectivity index (χ1n) is 17.5. The van der Waals surface area contributed by atoms with Gasteiger partial charge in [0.1, 0.15) is 0 Å². The number of nitrogens with one attached hydrogen (secondary N) is 2. The van der Waals surface area contributed by atoms with Crippen molar-refractivity contribution in [2.24, 2.45) is 0 Å². The fraction of sp³-hybridized carbons (Fsp3) is 0.528. The van der Waals surface area contributed by atoms with E-state index < -0.39 is 0 Å². The van der Waals surface area contributed by atoms with Gasteiger partial charge in [0.25, 0.3) is 5.91 Å². The molecule has 0 spiro atoms. The van der Waals surface area contributed by atoms with Gasteiger partial charge in [-0.05, 0) is 96.2 Å². The standard InChI is InChI=1S/C36H50N10O3/c1-25(2)43-16-6-17-44(20-19-43)34-39-32(40-35(41-34)46-21-22-49-24-26(46)3)27-7-11-29(12-8-27)37-36(48)38-30-13-9-28(10-14-30)33(47)45-18-15-31(23-45)42(4)5/h7-14,25-26,31H,6,15-24H2,1-5H3,(H2,37,38,48)/t26-,31-/m0/s1. The molecule has 4 heterocycles. The molecule has 0 saturated carbocycles. The third-order valence-corrected chi connectivity index (χ3v) is 9.75. The van der Waals surface area contributed by atoms with Crippen LogP contribution in [0, 0.1) is 0 Å². The molecule has 13 nitrogen and oxygen atoms in total. The summed E-state index contributed by atoms with van der Waals surface area (Å²) in [5, 5.41) is 5.76. The second kappa shape index (κ2) is 15.5. The number of hydrogen-bond donors (Lipinski definition) is 2. The molecule has 2 aromatic carbocycles. The average Bonchev–Trinajstić information content (AvgIpc) is 3.47. The molecule has 2 atom stereocenters. The minimum atomic E-state index is -0.372. The topological polar surface area (TPSA) is 122 Å². The summed E-state index contributed by atoms with van der Waals surface area (Å²) in [5.41, 5.74) is 2.69. The molecular weight excluding hydrogens is 620 g/mol. The highest BCUT2D eigenvalue weighted by atomic mass is 16.5. The Kier molecular flexibility index (Phi) is 10.9. The van der Waals surface area contributed by atoms with E-state index in [4.69, 9.17) is 19.7 Å². The van der Waals surface area contributed by atoms with Crippen molar-refractivity contribution in [3.8, 4) is 11.4 Å². The molecule has 49 heavy (non-hydrogen) atoms. The Morgan fingerprint density at radius 1 is 0.857 bits per heavy atom. The highest BCUT2D eigenvalue weighted by Crippen LogP contribution is 2.26. The maximum absolute atomic E-state index is 13.0. The fourth-order valence-electron chi connectivity index (χ4n) is 6.65. The van der Waals surface area contributed by atoms with Gasteiger partial charge in [0.05, 0.1) is 19.3 Å². The number of urea groups is 1. The summed E-state index contributed by atoms with van der Waals surface area (Å²) in [4.78, 5) is 51.7. The Labute approximate surface area is 289 Å². The molecule has 13 heteroatoms. The van der Waals surface area contributed by atoms with Crippen molar-refractivity contribution in [2.75, 3.05) is 93.6 Å². The third-order valence-electron chi connectivity index (χ3n) is 9.75. The van der Waals surface area contributed by atoms with Gasteiger partial charge in [0.2, 0.25) is 11.9 Å². The number of likely N-dealkylation sites (tertiary alicyclic amines) is 1. The Morgan fingerprint density at radius 3 is 2.20 bits per heavy atom. The number of benzene rings is 2. The maximum atomic E-state index is 13.0. The number of ether oxygens (including phenoxy) is 1.